The Morgan fingerprint density at radius 3 is 2.35 bits per heavy atom. The molecule has 126 valence electrons. The summed E-state index contributed by atoms with van der Waals surface area (Å²) < 4.78 is 6.10. The summed E-state index contributed by atoms with van der Waals surface area (Å²) in [7, 11) is 0. The number of fused-ring (bicyclic) bond motifs is 2. The maximum absolute atomic E-state index is 12.7. The van der Waals surface area contributed by atoms with Crippen LogP contribution in [-0.2, 0) is 10.3 Å². The first-order valence-electron chi connectivity index (χ1n) is 8.46. The SMILES string of the molecule is Nc1ccccc1C1(c2c[nH]c3ccccc23)OC(=O)c2ccccc21. The third-order valence-corrected chi connectivity index (χ3v) is 5.08. The van der Waals surface area contributed by atoms with Gasteiger partial charge in [0.25, 0.3) is 0 Å². The second-order valence-electron chi connectivity index (χ2n) is 6.45. The average Bonchev–Trinajstić information content (AvgIpc) is 3.23. The van der Waals surface area contributed by atoms with Crippen LogP contribution in [0.5, 0.6) is 0 Å². The van der Waals surface area contributed by atoms with Crippen LogP contribution in [0.2, 0.25) is 0 Å². The number of carbonyl (C=O) groups is 1. The number of anilines is 1. The molecule has 0 aliphatic carbocycles. The molecule has 4 heteroatoms. The lowest BCUT2D eigenvalue weighted by molar-refractivity contribution is 0.0258. The second kappa shape index (κ2) is 5.23. The second-order valence-corrected chi connectivity index (χ2v) is 6.45. The molecule has 4 aromatic rings. The van der Waals surface area contributed by atoms with Crippen LogP contribution in [0.1, 0.15) is 27.0 Å². The molecule has 5 rings (SSSR count). The highest BCUT2D eigenvalue weighted by Gasteiger charge is 2.50. The van der Waals surface area contributed by atoms with Crippen LogP contribution in [0, 0.1) is 0 Å². The van der Waals surface area contributed by atoms with Crippen LogP contribution in [0.25, 0.3) is 10.9 Å². The average molecular weight is 340 g/mol. The van der Waals surface area contributed by atoms with E-state index in [9.17, 15) is 4.79 Å². The Labute approximate surface area is 150 Å². The van der Waals surface area contributed by atoms with Crippen LogP contribution in [0.15, 0.2) is 79.0 Å². The van der Waals surface area contributed by atoms with Crippen LogP contribution in [-0.4, -0.2) is 11.0 Å². The molecule has 1 aliphatic heterocycles. The number of H-pyrrole nitrogens is 1. The molecule has 0 bridgehead atoms. The molecule has 0 amide bonds. The molecule has 3 aromatic carbocycles. The van der Waals surface area contributed by atoms with Gasteiger partial charge in [-0.25, -0.2) is 4.79 Å². The molecule has 0 saturated heterocycles. The van der Waals surface area contributed by atoms with E-state index in [-0.39, 0.29) is 5.97 Å². The number of aromatic amines is 1. The highest BCUT2D eigenvalue weighted by molar-refractivity contribution is 5.98. The summed E-state index contributed by atoms with van der Waals surface area (Å²) in [5.41, 5.74) is 9.86. The van der Waals surface area contributed by atoms with Crippen molar-refractivity contribution in [3.63, 3.8) is 0 Å². The Hall–Kier alpha value is -3.53. The number of aromatic nitrogens is 1. The summed E-state index contributed by atoms with van der Waals surface area (Å²) in [6.07, 6.45) is 1.91. The van der Waals surface area contributed by atoms with Gasteiger partial charge in [0.05, 0.1) is 5.56 Å². The quantitative estimate of drug-likeness (QED) is 0.424. The standard InChI is InChI=1S/C22H16N2O2/c23-19-11-5-4-10-17(19)22(16-9-3-1-8-15(16)21(25)26-22)18-13-24-20-12-6-2-7-14(18)20/h1-13,24H,23H2. The number of cyclic esters (lactones) is 1. The third-order valence-electron chi connectivity index (χ3n) is 5.08. The Morgan fingerprint density at radius 2 is 1.50 bits per heavy atom. The van der Waals surface area contributed by atoms with Gasteiger partial charge in [-0.05, 0) is 18.2 Å². The number of nitrogens with two attached hydrogens (primary N) is 1. The van der Waals surface area contributed by atoms with Gasteiger partial charge in [-0.2, -0.15) is 0 Å². The minimum Gasteiger partial charge on any atom is -0.440 e. The number of rotatable bonds is 2. The van der Waals surface area contributed by atoms with Crippen molar-refractivity contribution in [1.29, 1.82) is 0 Å². The zero-order valence-electron chi connectivity index (χ0n) is 13.9. The molecule has 1 aliphatic rings. The van der Waals surface area contributed by atoms with Crippen LogP contribution >= 0.6 is 0 Å². The largest absolute Gasteiger partial charge is 0.440 e. The number of ether oxygens (including phenoxy) is 1. The number of esters is 1. The van der Waals surface area contributed by atoms with Gasteiger partial charge in [0.1, 0.15) is 0 Å². The number of carbonyl (C=O) groups excluding carboxylic acids is 1. The summed E-state index contributed by atoms with van der Waals surface area (Å²) in [6.45, 7) is 0. The van der Waals surface area contributed by atoms with E-state index in [0.29, 0.717) is 11.3 Å². The molecular formula is C22H16N2O2. The number of hydrogen-bond donors (Lipinski definition) is 2. The third kappa shape index (κ3) is 1.81. The van der Waals surface area contributed by atoms with Crippen LogP contribution in [0.4, 0.5) is 5.69 Å². The maximum Gasteiger partial charge on any atom is 0.340 e. The summed E-state index contributed by atoms with van der Waals surface area (Å²) in [6, 6.07) is 23.0. The Kier molecular flexibility index (Phi) is 2.97. The van der Waals surface area contributed by atoms with Gasteiger partial charge in [0.15, 0.2) is 5.60 Å². The zero-order valence-corrected chi connectivity index (χ0v) is 13.9. The molecule has 1 unspecified atom stereocenters. The first kappa shape index (κ1) is 14.8. The molecule has 1 aromatic heterocycles. The van der Waals surface area contributed by atoms with Gasteiger partial charge in [-0.1, -0.05) is 54.6 Å². The predicted octanol–water partition coefficient (Wildman–Crippen LogP) is 4.21. The Morgan fingerprint density at radius 1 is 0.808 bits per heavy atom. The van der Waals surface area contributed by atoms with E-state index in [1.165, 1.54) is 0 Å². The fraction of sp³-hybridized carbons (Fsp3) is 0.0455. The van der Waals surface area contributed by atoms with Gasteiger partial charge < -0.3 is 15.5 Å². The van der Waals surface area contributed by atoms with Crippen molar-refractivity contribution in [3.05, 3.63) is 101 Å². The van der Waals surface area contributed by atoms with Crippen LogP contribution < -0.4 is 5.73 Å². The molecule has 0 fully saturated rings. The topological polar surface area (TPSA) is 68.1 Å². The number of hydrogen-bond acceptors (Lipinski definition) is 3. The smallest absolute Gasteiger partial charge is 0.340 e. The van der Waals surface area contributed by atoms with Crippen molar-refractivity contribution >= 4 is 22.6 Å². The van der Waals surface area contributed by atoms with E-state index in [1.807, 2.05) is 72.9 Å². The fourth-order valence-corrected chi connectivity index (χ4v) is 3.94. The first-order chi connectivity index (χ1) is 12.7. The molecule has 0 saturated carbocycles. The van der Waals surface area contributed by atoms with Gasteiger partial charge in [0.2, 0.25) is 0 Å². The summed E-state index contributed by atoms with van der Waals surface area (Å²) >= 11 is 0. The van der Waals surface area contributed by atoms with Gasteiger partial charge in [0, 0.05) is 39.5 Å². The predicted molar refractivity (Wildman–Crippen MR) is 101 cm³/mol. The van der Waals surface area contributed by atoms with Crippen molar-refractivity contribution in [2.75, 3.05) is 5.73 Å². The van der Waals surface area contributed by atoms with Gasteiger partial charge >= 0.3 is 5.97 Å². The lowest BCUT2D eigenvalue weighted by Crippen LogP contribution is -2.30. The minimum atomic E-state index is -1.07. The number of para-hydroxylation sites is 2. The lowest BCUT2D eigenvalue weighted by Gasteiger charge is -2.30. The normalized spacial score (nSPS) is 18.7. The Bertz CT molecular complexity index is 1160. The number of nitrogen functional groups attached to an aromatic ring is 1. The van der Waals surface area contributed by atoms with Crippen molar-refractivity contribution in [3.8, 4) is 0 Å². The van der Waals surface area contributed by atoms with Crippen molar-refractivity contribution in [1.82, 2.24) is 4.98 Å². The molecule has 3 N–H and O–H groups in total. The van der Waals surface area contributed by atoms with Gasteiger partial charge in [-0.3, -0.25) is 0 Å². The van der Waals surface area contributed by atoms with Gasteiger partial charge in [-0.15, -0.1) is 0 Å². The summed E-state index contributed by atoms with van der Waals surface area (Å²) in [5, 5.41) is 1.00. The summed E-state index contributed by atoms with van der Waals surface area (Å²) in [4.78, 5) is 16.0. The molecule has 2 heterocycles. The van der Waals surface area contributed by atoms with E-state index < -0.39 is 5.60 Å². The van der Waals surface area contributed by atoms with Crippen molar-refractivity contribution in [2.24, 2.45) is 0 Å². The number of benzene rings is 3. The Balaban J connectivity index is 1.93. The van der Waals surface area contributed by atoms with E-state index >= 15 is 0 Å². The molecule has 0 radical (unpaired) electrons. The molecule has 0 spiro atoms. The molecule has 1 atom stereocenters. The van der Waals surface area contributed by atoms with Crippen molar-refractivity contribution < 1.29 is 9.53 Å². The highest BCUT2D eigenvalue weighted by atomic mass is 16.6. The summed E-state index contributed by atoms with van der Waals surface area (Å²) in [5.74, 6) is -0.339. The molecular weight excluding hydrogens is 324 g/mol. The highest BCUT2D eigenvalue weighted by Crippen LogP contribution is 2.50. The zero-order chi connectivity index (χ0) is 17.7. The lowest BCUT2D eigenvalue weighted by atomic mass is 9.79. The van der Waals surface area contributed by atoms with Crippen LogP contribution in [0.3, 0.4) is 0 Å². The van der Waals surface area contributed by atoms with E-state index in [1.54, 1.807) is 6.07 Å². The molecule has 4 nitrogen and oxygen atoms in total. The first-order valence-corrected chi connectivity index (χ1v) is 8.46. The van der Waals surface area contributed by atoms with E-state index in [2.05, 4.69) is 4.98 Å². The van der Waals surface area contributed by atoms with E-state index in [0.717, 1.165) is 27.6 Å². The van der Waals surface area contributed by atoms with E-state index in [4.69, 9.17) is 10.5 Å². The maximum atomic E-state index is 12.7. The fourth-order valence-electron chi connectivity index (χ4n) is 3.94. The number of nitrogens with one attached hydrogen (secondary N) is 1. The molecule has 26 heavy (non-hydrogen) atoms. The minimum absolute atomic E-state index is 0.339. The van der Waals surface area contributed by atoms with Crippen molar-refractivity contribution in [2.45, 2.75) is 5.60 Å². The monoisotopic (exact) mass is 340 g/mol.